The zero-order chi connectivity index (χ0) is 13.1. The standard InChI is InChI=1S/C15H24O3/c1-14-6-8-15(9-7-14)12-17-10-4-3-5-11-18-13-16-2/h6-9H,3-5,10-13H2,1-2H3. The van der Waals surface area contributed by atoms with Gasteiger partial charge in [-0.2, -0.15) is 0 Å². The minimum atomic E-state index is 0.393. The Hall–Kier alpha value is -0.900. The molecule has 0 aliphatic rings. The van der Waals surface area contributed by atoms with Crippen LogP contribution in [0.3, 0.4) is 0 Å². The number of hydrogen-bond donors (Lipinski definition) is 0. The second-order valence-electron chi connectivity index (χ2n) is 4.41. The van der Waals surface area contributed by atoms with E-state index in [1.807, 2.05) is 0 Å². The van der Waals surface area contributed by atoms with E-state index in [2.05, 4.69) is 31.2 Å². The molecule has 0 radical (unpaired) electrons. The molecule has 1 rings (SSSR count). The molecule has 0 saturated heterocycles. The van der Waals surface area contributed by atoms with Gasteiger partial charge in [0.1, 0.15) is 6.79 Å². The first kappa shape index (κ1) is 15.2. The molecule has 3 heteroatoms. The molecule has 1 aromatic carbocycles. The number of hydrogen-bond acceptors (Lipinski definition) is 3. The van der Waals surface area contributed by atoms with Gasteiger partial charge in [-0.05, 0) is 31.7 Å². The van der Waals surface area contributed by atoms with Gasteiger partial charge in [-0.1, -0.05) is 29.8 Å². The highest BCUT2D eigenvalue weighted by Gasteiger charge is 1.94. The lowest BCUT2D eigenvalue weighted by atomic mass is 10.2. The average molecular weight is 252 g/mol. The van der Waals surface area contributed by atoms with Crippen LogP contribution < -0.4 is 0 Å². The van der Waals surface area contributed by atoms with Crippen LogP contribution in [0.5, 0.6) is 0 Å². The van der Waals surface area contributed by atoms with Crippen molar-refractivity contribution in [3.63, 3.8) is 0 Å². The van der Waals surface area contributed by atoms with Crippen molar-refractivity contribution in [1.29, 1.82) is 0 Å². The summed E-state index contributed by atoms with van der Waals surface area (Å²) in [5.74, 6) is 0. The number of rotatable bonds is 10. The minimum Gasteiger partial charge on any atom is -0.377 e. The Bertz CT molecular complexity index is 295. The van der Waals surface area contributed by atoms with Gasteiger partial charge in [-0.3, -0.25) is 0 Å². The molecule has 0 saturated carbocycles. The summed E-state index contributed by atoms with van der Waals surface area (Å²) < 4.78 is 15.6. The Morgan fingerprint density at radius 2 is 1.56 bits per heavy atom. The van der Waals surface area contributed by atoms with Crippen LogP contribution in [0.15, 0.2) is 24.3 Å². The van der Waals surface area contributed by atoms with Gasteiger partial charge in [0.25, 0.3) is 0 Å². The maximum Gasteiger partial charge on any atom is 0.146 e. The van der Waals surface area contributed by atoms with Crippen molar-refractivity contribution in [3.8, 4) is 0 Å². The van der Waals surface area contributed by atoms with Crippen LogP contribution in [0.4, 0.5) is 0 Å². The number of unbranched alkanes of at least 4 members (excludes halogenated alkanes) is 2. The lowest BCUT2D eigenvalue weighted by Crippen LogP contribution is -2.00. The highest BCUT2D eigenvalue weighted by Crippen LogP contribution is 2.05. The highest BCUT2D eigenvalue weighted by atomic mass is 16.7. The third-order valence-electron chi connectivity index (χ3n) is 2.67. The Kier molecular flexibility index (Phi) is 8.47. The van der Waals surface area contributed by atoms with Crippen molar-refractivity contribution in [1.82, 2.24) is 0 Å². The first-order chi connectivity index (χ1) is 8.83. The molecule has 0 heterocycles. The fraction of sp³-hybridized carbons (Fsp3) is 0.600. The molecule has 102 valence electrons. The van der Waals surface area contributed by atoms with Crippen molar-refractivity contribution < 1.29 is 14.2 Å². The summed E-state index contributed by atoms with van der Waals surface area (Å²) in [7, 11) is 1.64. The van der Waals surface area contributed by atoms with Crippen molar-refractivity contribution in [2.75, 3.05) is 27.1 Å². The van der Waals surface area contributed by atoms with Crippen molar-refractivity contribution in [2.24, 2.45) is 0 Å². The molecule has 0 aromatic heterocycles. The molecular weight excluding hydrogens is 228 g/mol. The van der Waals surface area contributed by atoms with E-state index in [9.17, 15) is 0 Å². The number of ether oxygens (including phenoxy) is 3. The molecule has 0 bridgehead atoms. The zero-order valence-corrected chi connectivity index (χ0v) is 11.5. The van der Waals surface area contributed by atoms with Crippen LogP contribution in [0, 0.1) is 6.92 Å². The Labute approximate surface area is 110 Å². The van der Waals surface area contributed by atoms with Gasteiger partial charge in [0, 0.05) is 20.3 Å². The molecule has 18 heavy (non-hydrogen) atoms. The predicted octanol–water partition coefficient (Wildman–Crippen LogP) is 3.30. The summed E-state index contributed by atoms with van der Waals surface area (Å²) in [6, 6.07) is 8.47. The molecule has 0 aliphatic carbocycles. The van der Waals surface area contributed by atoms with E-state index in [0.717, 1.165) is 32.5 Å². The molecule has 0 N–H and O–H groups in total. The van der Waals surface area contributed by atoms with E-state index in [-0.39, 0.29) is 0 Å². The van der Waals surface area contributed by atoms with Gasteiger partial charge < -0.3 is 14.2 Å². The SMILES string of the molecule is COCOCCCCCOCc1ccc(C)cc1. The average Bonchev–Trinajstić information content (AvgIpc) is 2.39. The van der Waals surface area contributed by atoms with Crippen LogP contribution >= 0.6 is 0 Å². The maximum atomic E-state index is 5.62. The second-order valence-corrected chi connectivity index (χ2v) is 4.41. The van der Waals surface area contributed by atoms with E-state index >= 15 is 0 Å². The first-order valence-electron chi connectivity index (χ1n) is 6.53. The number of benzene rings is 1. The van der Waals surface area contributed by atoms with Crippen LogP contribution in [-0.2, 0) is 20.8 Å². The summed E-state index contributed by atoms with van der Waals surface area (Å²) in [5, 5.41) is 0. The third kappa shape index (κ3) is 7.43. The molecule has 3 nitrogen and oxygen atoms in total. The Morgan fingerprint density at radius 3 is 2.22 bits per heavy atom. The normalized spacial score (nSPS) is 10.8. The third-order valence-corrected chi connectivity index (χ3v) is 2.67. The fourth-order valence-corrected chi connectivity index (χ4v) is 1.60. The quantitative estimate of drug-likeness (QED) is 0.472. The molecule has 0 aliphatic heterocycles. The molecule has 1 aromatic rings. The summed E-state index contributed by atoms with van der Waals surface area (Å²) >= 11 is 0. The van der Waals surface area contributed by atoms with Gasteiger partial charge >= 0.3 is 0 Å². The number of methoxy groups -OCH3 is 1. The second kappa shape index (κ2) is 10.1. The van der Waals surface area contributed by atoms with Gasteiger partial charge in [0.2, 0.25) is 0 Å². The van der Waals surface area contributed by atoms with Crippen molar-refractivity contribution >= 4 is 0 Å². The van der Waals surface area contributed by atoms with Crippen molar-refractivity contribution in [3.05, 3.63) is 35.4 Å². The zero-order valence-electron chi connectivity index (χ0n) is 11.5. The van der Waals surface area contributed by atoms with E-state index in [0.29, 0.717) is 13.4 Å². The highest BCUT2D eigenvalue weighted by molar-refractivity contribution is 5.20. The van der Waals surface area contributed by atoms with Crippen LogP contribution in [0.25, 0.3) is 0 Å². The smallest absolute Gasteiger partial charge is 0.146 e. The Balaban J connectivity index is 1.91. The van der Waals surface area contributed by atoms with Gasteiger partial charge in [0.15, 0.2) is 0 Å². The van der Waals surface area contributed by atoms with E-state index in [1.54, 1.807) is 7.11 Å². The van der Waals surface area contributed by atoms with Gasteiger partial charge in [-0.25, -0.2) is 0 Å². The van der Waals surface area contributed by atoms with E-state index < -0.39 is 0 Å². The molecule has 0 atom stereocenters. The molecule has 0 spiro atoms. The van der Waals surface area contributed by atoms with Crippen molar-refractivity contribution in [2.45, 2.75) is 32.8 Å². The fourth-order valence-electron chi connectivity index (χ4n) is 1.60. The summed E-state index contributed by atoms with van der Waals surface area (Å²) in [6.07, 6.45) is 3.29. The molecule has 0 fully saturated rings. The summed E-state index contributed by atoms with van der Waals surface area (Å²) in [6.45, 7) is 4.78. The lowest BCUT2D eigenvalue weighted by molar-refractivity contribution is -0.0319. The minimum absolute atomic E-state index is 0.393. The van der Waals surface area contributed by atoms with Crippen LogP contribution in [0.2, 0.25) is 0 Å². The maximum absolute atomic E-state index is 5.62. The first-order valence-corrected chi connectivity index (χ1v) is 6.53. The van der Waals surface area contributed by atoms with Crippen LogP contribution in [-0.4, -0.2) is 27.1 Å². The predicted molar refractivity (Wildman–Crippen MR) is 72.5 cm³/mol. The monoisotopic (exact) mass is 252 g/mol. The molecule has 0 amide bonds. The van der Waals surface area contributed by atoms with Crippen LogP contribution in [0.1, 0.15) is 30.4 Å². The van der Waals surface area contributed by atoms with Gasteiger partial charge in [0.05, 0.1) is 6.61 Å². The summed E-state index contributed by atoms with van der Waals surface area (Å²) in [5.41, 5.74) is 2.53. The molecular formula is C15H24O3. The Morgan fingerprint density at radius 1 is 0.889 bits per heavy atom. The number of aryl methyl sites for hydroxylation is 1. The van der Waals surface area contributed by atoms with E-state index in [4.69, 9.17) is 14.2 Å². The van der Waals surface area contributed by atoms with Gasteiger partial charge in [-0.15, -0.1) is 0 Å². The summed E-state index contributed by atoms with van der Waals surface area (Å²) in [4.78, 5) is 0. The lowest BCUT2D eigenvalue weighted by Gasteiger charge is -2.05. The topological polar surface area (TPSA) is 27.7 Å². The largest absolute Gasteiger partial charge is 0.377 e. The van der Waals surface area contributed by atoms with E-state index in [1.165, 1.54) is 11.1 Å². The molecule has 0 unspecified atom stereocenters.